The molecule has 0 aliphatic carbocycles. The zero-order valence-corrected chi connectivity index (χ0v) is 16.2. The molecule has 2 heterocycles. The first kappa shape index (κ1) is 18.5. The summed E-state index contributed by atoms with van der Waals surface area (Å²) < 4.78 is 11.9. The van der Waals surface area contributed by atoms with E-state index in [1.54, 1.807) is 31.3 Å². The van der Waals surface area contributed by atoms with E-state index < -0.39 is 0 Å². The zero-order chi connectivity index (χ0) is 18.4. The van der Waals surface area contributed by atoms with Crippen LogP contribution in [0.3, 0.4) is 0 Å². The van der Waals surface area contributed by atoms with E-state index in [1.165, 1.54) is 11.3 Å². The lowest BCUT2D eigenvalue weighted by Gasteiger charge is -2.07. The lowest BCUT2D eigenvalue weighted by atomic mass is 10.1. The van der Waals surface area contributed by atoms with E-state index in [2.05, 4.69) is 15.3 Å². The van der Waals surface area contributed by atoms with Gasteiger partial charge in [0.25, 0.3) is 0 Å². The molecule has 0 saturated heterocycles. The minimum atomic E-state index is -0.124. The Morgan fingerprint density at radius 1 is 1.31 bits per heavy atom. The topological polar surface area (TPSA) is 77.2 Å². The van der Waals surface area contributed by atoms with Gasteiger partial charge in [-0.05, 0) is 6.07 Å². The molecule has 3 aromatic rings. The van der Waals surface area contributed by atoms with Crippen LogP contribution < -0.4 is 10.1 Å². The van der Waals surface area contributed by atoms with Crippen molar-refractivity contribution in [3.63, 3.8) is 0 Å². The summed E-state index contributed by atoms with van der Waals surface area (Å²) in [6, 6.07) is 7.48. The number of ether oxygens (including phenoxy) is 1. The van der Waals surface area contributed by atoms with Crippen molar-refractivity contribution in [2.75, 3.05) is 12.4 Å². The van der Waals surface area contributed by atoms with Crippen LogP contribution in [0.4, 0.5) is 5.13 Å². The number of nitrogens with zero attached hydrogens (tertiary/aromatic N) is 2. The lowest BCUT2D eigenvalue weighted by Crippen LogP contribution is -2.14. The van der Waals surface area contributed by atoms with Gasteiger partial charge in [-0.1, -0.05) is 36.5 Å². The summed E-state index contributed by atoms with van der Waals surface area (Å²) >= 11 is 3.02. The molecule has 0 aliphatic heterocycles. The first-order valence-electron chi connectivity index (χ1n) is 8.12. The molecule has 3 rings (SSSR count). The number of aromatic nitrogens is 2. The minimum Gasteiger partial charge on any atom is -0.496 e. The number of amides is 1. The highest BCUT2D eigenvalue weighted by Crippen LogP contribution is 2.30. The van der Waals surface area contributed by atoms with Crippen LogP contribution in [-0.4, -0.2) is 23.0 Å². The molecule has 1 aromatic carbocycles. The van der Waals surface area contributed by atoms with Crippen LogP contribution in [0, 0.1) is 0 Å². The second-order valence-electron chi connectivity index (χ2n) is 5.38. The number of nitrogens with one attached hydrogen (secondary N) is 1. The molecule has 0 aliphatic rings. The number of para-hydroxylation sites is 1. The molecule has 1 N–H and O–H groups in total. The number of hydrogen-bond acceptors (Lipinski definition) is 7. The second-order valence-corrected chi connectivity index (χ2v) is 7.69. The van der Waals surface area contributed by atoms with Crippen molar-refractivity contribution in [1.82, 2.24) is 9.97 Å². The Morgan fingerprint density at radius 2 is 2.15 bits per heavy atom. The smallest absolute Gasteiger partial charge is 0.230 e. The fourth-order valence-electron chi connectivity index (χ4n) is 2.28. The average Bonchev–Trinajstić information content (AvgIpc) is 3.29. The van der Waals surface area contributed by atoms with Crippen molar-refractivity contribution >= 4 is 34.1 Å². The number of carbonyl (C=O) groups is 1. The van der Waals surface area contributed by atoms with Crippen LogP contribution >= 0.6 is 23.1 Å². The predicted molar refractivity (Wildman–Crippen MR) is 103 cm³/mol. The quantitative estimate of drug-likeness (QED) is 0.583. The van der Waals surface area contributed by atoms with E-state index in [4.69, 9.17) is 9.15 Å². The summed E-state index contributed by atoms with van der Waals surface area (Å²) in [7, 11) is 1.60. The summed E-state index contributed by atoms with van der Waals surface area (Å²) in [6.45, 7) is 2.03. The van der Waals surface area contributed by atoms with Crippen LogP contribution in [0.1, 0.15) is 24.1 Å². The number of thiazole rings is 1. The number of benzene rings is 1. The fraction of sp³-hybridized carbons (Fsp3) is 0.278. The highest BCUT2D eigenvalue weighted by molar-refractivity contribution is 8.00. The molecule has 0 atom stereocenters. The number of oxazole rings is 1. The Kier molecular flexibility index (Phi) is 6.30. The highest BCUT2D eigenvalue weighted by atomic mass is 32.2. The van der Waals surface area contributed by atoms with Gasteiger partial charge < -0.3 is 14.5 Å². The molecular formula is C18H19N3O3S2. The molecule has 0 unspecified atom stereocenters. The molecule has 0 saturated carbocycles. The van der Waals surface area contributed by atoms with E-state index in [9.17, 15) is 4.79 Å². The third kappa shape index (κ3) is 4.86. The van der Waals surface area contributed by atoms with Crippen molar-refractivity contribution in [1.29, 1.82) is 0 Å². The third-order valence-electron chi connectivity index (χ3n) is 3.56. The Morgan fingerprint density at radius 3 is 2.92 bits per heavy atom. The number of aryl methyl sites for hydroxylation is 1. The predicted octanol–water partition coefficient (Wildman–Crippen LogP) is 4.18. The number of carbonyl (C=O) groups excluding carboxylic acids is 1. The normalized spacial score (nSPS) is 10.7. The first-order chi connectivity index (χ1) is 12.7. The lowest BCUT2D eigenvalue weighted by molar-refractivity contribution is -0.115. The van der Waals surface area contributed by atoms with Crippen LogP contribution in [0.2, 0.25) is 0 Å². The summed E-state index contributed by atoms with van der Waals surface area (Å²) in [4.78, 5) is 20.7. The highest BCUT2D eigenvalue weighted by Gasteiger charge is 2.11. The molecular weight excluding hydrogens is 370 g/mol. The molecule has 1 amide bonds. The standard InChI is InChI=1S/C18H19N3O3S2/c1-3-13-9-19-16(24-13)11-25-17-10-20-18(26-17)21-15(22)8-12-6-4-5-7-14(12)23-2/h4-7,9-10H,3,8,11H2,1-2H3,(H,20,21,22). The molecule has 6 nitrogen and oxygen atoms in total. The fourth-order valence-corrected chi connectivity index (χ4v) is 4.02. The van der Waals surface area contributed by atoms with Gasteiger partial charge in [0.1, 0.15) is 11.5 Å². The van der Waals surface area contributed by atoms with Gasteiger partial charge in [0.2, 0.25) is 11.8 Å². The van der Waals surface area contributed by atoms with Gasteiger partial charge in [-0.2, -0.15) is 0 Å². The molecule has 136 valence electrons. The van der Waals surface area contributed by atoms with Crippen molar-refractivity contribution in [3.8, 4) is 5.75 Å². The molecule has 26 heavy (non-hydrogen) atoms. The molecule has 0 spiro atoms. The number of hydrogen-bond donors (Lipinski definition) is 1. The van der Waals surface area contributed by atoms with E-state index in [1.807, 2.05) is 31.2 Å². The van der Waals surface area contributed by atoms with Gasteiger partial charge in [-0.25, -0.2) is 9.97 Å². The number of anilines is 1. The van der Waals surface area contributed by atoms with Gasteiger partial charge in [-0.15, -0.1) is 11.8 Å². The number of thioether (sulfide) groups is 1. The van der Waals surface area contributed by atoms with Crippen molar-refractivity contribution in [2.24, 2.45) is 0 Å². The van der Waals surface area contributed by atoms with Crippen molar-refractivity contribution in [3.05, 3.63) is 53.9 Å². The second kappa shape index (κ2) is 8.86. The minimum absolute atomic E-state index is 0.124. The third-order valence-corrected chi connectivity index (χ3v) is 5.65. The summed E-state index contributed by atoms with van der Waals surface area (Å²) in [5.41, 5.74) is 0.842. The Labute approximate surface area is 160 Å². The molecule has 8 heteroatoms. The average molecular weight is 390 g/mol. The zero-order valence-electron chi connectivity index (χ0n) is 14.5. The molecule has 0 fully saturated rings. The summed E-state index contributed by atoms with van der Waals surface area (Å²) in [6.07, 6.45) is 4.58. The Balaban J connectivity index is 1.53. The maximum Gasteiger partial charge on any atom is 0.230 e. The maximum absolute atomic E-state index is 12.2. The summed E-state index contributed by atoms with van der Waals surface area (Å²) in [5.74, 6) is 2.80. The van der Waals surface area contributed by atoms with E-state index in [-0.39, 0.29) is 12.3 Å². The van der Waals surface area contributed by atoms with Gasteiger partial charge in [0.15, 0.2) is 5.13 Å². The molecule has 0 bridgehead atoms. The van der Waals surface area contributed by atoms with Crippen molar-refractivity contribution < 1.29 is 13.9 Å². The van der Waals surface area contributed by atoms with Crippen LogP contribution in [0.25, 0.3) is 0 Å². The maximum atomic E-state index is 12.2. The van der Waals surface area contributed by atoms with Gasteiger partial charge in [0.05, 0.1) is 35.9 Å². The number of methoxy groups -OCH3 is 1. The molecule has 2 aromatic heterocycles. The first-order valence-corrected chi connectivity index (χ1v) is 9.92. The van der Waals surface area contributed by atoms with Gasteiger partial charge >= 0.3 is 0 Å². The largest absolute Gasteiger partial charge is 0.496 e. The Hall–Kier alpha value is -2.32. The van der Waals surface area contributed by atoms with Crippen molar-refractivity contribution in [2.45, 2.75) is 29.7 Å². The van der Waals surface area contributed by atoms with Crippen LogP contribution in [-0.2, 0) is 23.4 Å². The van der Waals surface area contributed by atoms with E-state index >= 15 is 0 Å². The number of rotatable bonds is 8. The van der Waals surface area contributed by atoms with E-state index in [0.717, 1.165) is 22.0 Å². The van der Waals surface area contributed by atoms with Gasteiger partial charge in [0, 0.05) is 12.0 Å². The molecule has 0 radical (unpaired) electrons. The van der Waals surface area contributed by atoms with E-state index in [0.29, 0.717) is 22.5 Å². The summed E-state index contributed by atoms with van der Waals surface area (Å²) in [5, 5.41) is 3.41. The van der Waals surface area contributed by atoms with Crippen LogP contribution in [0.15, 0.2) is 45.3 Å². The SMILES string of the molecule is CCc1cnc(CSc2cnc(NC(=O)Cc3ccccc3OC)s2)o1. The monoisotopic (exact) mass is 389 g/mol. The van der Waals surface area contributed by atoms with Crippen LogP contribution in [0.5, 0.6) is 5.75 Å². The van der Waals surface area contributed by atoms with Gasteiger partial charge in [-0.3, -0.25) is 4.79 Å². The Bertz CT molecular complexity index is 876.